The van der Waals surface area contributed by atoms with Gasteiger partial charge in [-0.3, -0.25) is 0 Å². The number of nitrogens with one attached hydrogen (secondary N) is 1. The third kappa shape index (κ3) is 1.74. The van der Waals surface area contributed by atoms with Crippen molar-refractivity contribution >= 4 is 0 Å². The maximum Gasteiger partial charge on any atom is 0.0322 e. The van der Waals surface area contributed by atoms with Crippen molar-refractivity contribution in [1.29, 1.82) is 0 Å². The molecular formula is C9H18N2. The molecule has 0 amide bonds. The molecule has 1 aliphatic heterocycles. The van der Waals surface area contributed by atoms with E-state index in [0.29, 0.717) is 0 Å². The fourth-order valence-electron chi connectivity index (χ4n) is 1.86. The molecule has 0 spiro atoms. The van der Waals surface area contributed by atoms with Gasteiger partial charge < -0.3 is 10.2 Å². The topological polar surface area (TPSA) is 15.3 Å². The maximum absolute atomic E-state index is 3.61. The van der Waals surface area contributed by atoms with Crippen LogP contribution in [-0.2, 0) is 0 Å². The molecule has 0 bridgehead atoms. The largest absolute Gasteiger partial charge is 0.311 e. The van der Waals surface area contributed by atoms with Crippen LogP contribution in [0, 0.1) is 5.92 Å². The quantitative estimate of drug-likeness (QED) is 0.643. The lowest BCUT2D eigenvalue weighted by atomic mass is 9.85. The van der Waals surface area contributed by atoms with Crippen LogP contribution in [0.1, 0.15) is 19.3 Å². The van der Waals surface area contributed by atoms with Gasteiger partial charge in [0.15, 0.2) is 0 Å². The average Bonchev–Trinajstić information content (AvgIpc) is 1.80. The van der Waals surface area contributed by atoms with E-state index in [4.69, 9.17) is 0 Å². The summed E-state index contributed by atoms with van der Waals surface area (Å²) in [7, 11) is 2.18. The van der Waals surface area contributed by atoms with Crippen molar-refractivity contribution in [2.75, 3.05) is 26.7 Å². The number of hydrogen-bond donors (Lipinski definition) is 1. The molecule has 64 valence electrons. The zero-order chi connectivity index (χ0) is 7.68. The van der Waals surface area contributed by atoms with Gasteiger partial charge in [-0.1, -0.05) is 6.42 Å². The molecule has 0 aromatic carbocycles. The van der Waals surface area contributed by atoms with Gasteiger partial charge >= 0.3 is 0 Å². The van der Waals surface area contributed by atoms with Gasteiger partial charge in [-0.05, 0) is 32.4 Å². The van der Waals surface area contributed by atoms with E-state index in [1.54, 1.807) is 0 Å². The van der Waals surface area contributed by atoms with Crippen molar-refractivity contribution < 1.29 is 0 Å². The summed E-state index contributed by atoms with van der Waals surface area (Å²) in [5.41, 5.74) is 0. The molecule has 2 fully saturated rings. The minimum absolute atomic E-state index is 0.806. The van der Waals surface area contributed by atoms with Crippen molar-refractivity contribution in [3.05, 3.63) is 0 Å². The van der Waals surface area contributed by atoms with Crippen molar-refractivity contribution in [3.63, 3.8) is 0 Å². The molecular weight excluding hydrogens is 136 g/mol. The standard InChI is InChI=1S/C9H18N2/c1-11-6-9(7-11)10-5-8-3-2-4-8/h8-10H,2-7H2,1H3. The Hall–Kier alpha value is -0.0800. The summed E-state index contributed by atoms with van der Waals surface area (Å²) in [6, 6.07) is 0.806. The fraction of sp³-hybridized carbons (Fsp3) is 1.00. The van der Waals surface area contributed by atoms with Gasteiger partial charge in [-0.2, -0.15) is 0 Å². The second kappa shape index (κ2) is 3.11. The maximum atomic E-state index is 3.61. The van der Waals surface area contributed by atoms with E-state index in [-0.39, 0.29) is 0 Å². The van der Waals surface area contributed by atoms with Gasteiger partial charge in [0.05, 0.1) is 0 Å². The molecule has 1 heterocycles. The lowest BCUT2D eigenvalue weighted by Gasteiger charge is -2.38. The summed E-state index contributed by atoms with van der Waals surface area (Å²) in [5, 5.41) is 3.61. The summed E-state index contributed by atoms with van der Waals surface area (Å²) in [6.07, 6.45) is 4.40. The molecule has 2 rings (SSSR count). The number of hydrogen-bond acceptors (Lipinski definition) is 2. The van der Waals surface area contributed by atoms with Gasteiger partial charge in [0.1, 0.15) is 0 Å². The van der Waals surface area contributed by atoms with Crippen molar-refractivity contribution in [2.45, 2.75) is 25.3 Å². The summed E-state index contributed by atoms with van der Waals surface area (Å²) < 4.78 is 0. The van der Waals surface area contributed by atoms with Gasteiger partial charge in [0.25, 0.3) is 0 Å². The second-order valence-electron chi connectivity index (χ2n) is 4.12. The Morgan fingerprint density at radius 2 is 2.09 bits per heavy atom. The van der Waals surface area contributed by atoms with Crippen LogP contribution in [0.15, 0.2) is 0 Å². The highest BCUT2D eigenvalue weighted by atomic mass is 15.2. The lowest BCUT2D eigenvalue weighted by molar-refractivity contribution is 0.149. The number of rotatable bonds is 3. The highest BCUT2D eigenvalue weighted by Crippen LogP contribution is 2.25. The normalized spacial score (nSPS) is 28.1. The van der Waals surface area contributed by atoms with E-state index in [1.807, 2.05) is 0 Å². The Morgan fingerprint density at radius 1 is 1.36 bits per heavy atom. The minimum Gasteiger partial charge on any atom is -0.311 e. The molecule has 0 atom stereocenters. The van der Waals surface area contributed by atoms with Gasteiger partial charge in [0, 0.05) is 19.1 Å². The van der Waals surface area contributed by atoms with Gasteiger partial charge in [-0.15, -0.1) is 0 Å². The molecule has 0 aromatic rings. The summed E-state index contributed by atoms with van der Waals surface area (Å²) in [4.78, 5) is 2.36. The van der Waals surface area contributed by atoms with Crippen LogP contribution in [0.25, 0.3) is 0 Å². The van der Waals surface area contributed by atoms with E-state index < -0.39 is 0 Å². The van der Waals surface area contributed by atoms with Crippen LogP contribution >= 0.6 is 0 Å². The van der Waals surface area contributed by atoms with Crippen molar-refractivity contribution in [2.24, 2.45) is 5.92 Å². The molecule has 2 nitrogen and oxygen atoms in total. The Balaban J connectivity index is 1.53. The summed E-state index contributed by atoms with van der Waals surface area (Å²) >= 11 is 0. The Bertz CT molecular complexity index is 126. The predicted octanol–water partition coefficient (Wildman–Crippen LogP) is 0.690. The van der Waals surface area contributed by atoms with Crippen LogP contribution < -0.4 is 5.32 Å². The minimum atomic E-state index is 0.806. The molecule has 1 saturated carbocycles. The average molecular weight is 154 g/mol. The number of likely N-dealkylation sites (N-methyl/N-ethyl adjacent to an activating group) is 1. The van der Waals surface area contributed by atoms with Crippen LogP contribution in [0.4, 0.5) is 0 Å². The van der Waals surface area contributed by atoms with E-state index in [0.717, 1.165) is 12.0 Å². The number of likely N-dealkylation sites (tertiary alicyclic amines) is 1. The van der Waals surface area contributed by atoms with Crippen LogP contribution in [-0.4, -0.2) is 37.6 Å². The molecule has 1 aliphatic carbocycles. The smallest absolute Gasteiger partial charge is 0.0322 e. The SMILES string of the molecule is CN1CC(NCC2CCC2)C1. The number of nitrogens with zero attached hydrogens (tertiary/aromatic N) is 1. The van der Waals surface area contributed by atoms with Gasteiger partial charge in [-0.25, -0.2) is 0 Å². The molecule has 0 radical (unpaired) electrons. The molecule has 2 aliphatic rings. The van der Waals surface area contributed by atoms with E-state index >= 15 is 0 Å². The highest BCUT2D eigenvalue weighted by molar-refractivity contribution is 4.84. The molecule has 1 N–H and O–H groups in total. The van der Waals surface area contributed by atoms with Crippen LogP contribution in [0.5, 0.6) is 0 Å². The third-order valence-electron chi connectivity index (χ3n) is 2.98. The first kappa shape index (κ1) is 7.56. The zero-order valence-electron chi connectivity index (χ0n) is 7.34. The molecule has 2 heteroatoms. The third-order valence-corrected chi connectivity index (χ3v) is 2.98. The first-order valence-electron chi connectivity index (χ1n) is 4.76. The first-order chi connectivity index (χ1) is 5.34. The first-order valence-corrected chi connectivity index (χ1v) is 4.76. The van der Waals surface area contributed by atoms with Gasteiger partial charge in [0.2, 0.25) is 0 Å². The summed E-state index contributed by atoms with van der Waals surface area (Å²) in [6.45, 7) is 3.79. The summed E-state index contributed by atoms with van der Waals surface area (Å²) in [5.74, 6) is 1.01. The Kier molecular flexibility index (Phi) is 2.14. The predicted molar refractivity (Wildman–Crippen MR) is 46.6 cm³/mol. The Labute approximate surface area is 69.0 Å². The fourth-order valence-corrected chi connectivity index (χ4v) is 1.86. The second-order valence-corrected chi connectivity index (χ2v) is 4.12. The Morgan fingerprint density at radius 3 is 2.55 bits per heavy atom. The molecule has 0 aromatic heterocycles. The molecule has 1 saturated heterocycles. The molecule has 11 heavy (non-hydrogen) atoms. The van der Waals surface area contributed by atoms with Crippen molar-refractivity contribution in [3.8, 4) is 0 Å². The van der Waals surface area contributed by atoms with E-state index in [1.165, 1.54) is 38.9 Å². The van der Waals surface area contributed by atoms with E-state index in [2.05, 4.69) is 17.3 Å². The van der Waals surface area contributed by atoms with Crippen LogP contribution in [0.3, 0.4) is 0 Å². The zero-order valence-corrected chi connectivity index (χ0v) is 7.34. The monoisotopic (exact) mass is 154 g/mol. The van der Waals surface area contributed by atoms with E-state index in [9.17, 15) is 0 Å². The van der Waals surface area contributed by atoms with Crippen molar-refractivity contribution in [1.82, 2.24) is 10.2 Å². The lowest BCUT2D eigenvalue weighted by Crippen LogP contribution is -2.57. The molecule has 0 unspecified atom stereocenters. The highest BCUT2D eigenvalue weighted by Gasteiger charge is 2.24. The van der Waals surface area contributed by atoms with Crippen LogP contribution in [0.2, 0.25) is 0 Å².